The smallest absolute Gasteiger partial charge is 0.195 e. The second-order valence-electron chi connectivity index (χ2n) is 2.96. The van der Waals surface area contributed by atoms with Crippen molar-refractivity contribution in [2.24, 2.45) is 0 Å². The minimum absolute atomic E-state index is 0.601. The Balaban J connectivity index is 2.54. The Labute approximate surface area is 96.9 Å². The molecular formula is C9H9ClN4S. The van der Waals surface area contributed by atoms with Gasteiger partial charge in [-0.05, 0) is 31.3 Å². The van der Waals surface area contributed by atoms with Crippen molar-refractivity contribution >= 4 is 23.8 Å². The molecule has 15 heavy (non-hydrogen) atoms. The van der Waals surface area contributed by atoms with E-state index >= 15 is 0 Å². The van der Waals surface area contributed by atoms with Gasteiger partial charge in [0.15, 0.2) is 10.6 Å². The van der Waals surface area contributed by atoms with Crippen molar-refractivity contribution in [2.45, 2.75) is 13.5 Å². The molecule has 2 aromatic rings. The van der Waals surface area contributed by atoms with Gasteiger partial charge in [-0.25, -0.2) is 0 Å². The van der Waals surface area contributed by atoms with E-state index in [2.05, 4.69) is 15.2 Å². The maximum atomic E-state index is 5.76. The highest BCUT2D eigenvalue weighted by Crippen LogP contribution is 2.16. The first kappa shape index (κ1) is 10.3. The number of pyridine rings is 1. The van der Waals surface area contributed by atoms with Gasteiger partial charge in [0.05, 0.1) is 5.02 Å². The molecule has 0 aromatic carbocycles. The van der Waals surface area contributed by atoms with Crippen molar-refractivity contribution < 1.29 is 0 Å². The van der Waals surface area contributed by atoms with E-state index in [0.717, 1.165) is 18.1 Å². The Kier molecular flexibility index (Phi) is 2.83. The summed E-state index contributed by atoms with van der Waals surface area (Å²) in [6.45, 7) is 2.76. The largest absolute Gasteiger partial charge is 0.299 e. The molecule has 2 heterocycles. The van der Waals surface area contributed by atoms with Crippen LogP contribution in [0.3, 0.4) is 0 Å². The normalized spacial score (nSPS) is 10.5. The first-order valence-electron chi connectivity index (χ1n) is 4.49. The van der Waals surface area contributed by atoms with Crippen molar-refractivity contribution in [3.63, 3.8) is 0 Å². The molecule has 0 spiro atoms. The molecule has 0 saturated heterocycles. The number of aromatic amines is 1. The van der Waals surface area contributed by atoms with Crippen LogP contribution in [0.15, 0.2) is 18.3 Å². The van der Waals surface area contributed by atoms with E-state index in [-0.39, 0.29) is 0 Å². The predicted molar refractivity (Wildman–Crippen MR) is 61.3 cm³/mol. The van der Waals surface area contributed by atoms with E-state index in [1.807, 2.05) is 17.6 Å². The van der Waals surface area contributed by atoms with Crippen LogP contribution in [0.25, 0.3) is 11.5 Å². The molecule has 78 valence electrons. The van der Waals surface area contributed by atoms with Gasteiger partial charge in [0.2, 0.25) is 0 Å². The summed E-state index contributed by atoms with van der Waals surface area (Å²) < 4.78 is 2.48. The lowest BCUT2D eigenvalue weighted by molar-refractivity contribution is 0.753. The molecule has 0 saturated carbocycles. The molecule has 2 rings (SSSR count). The first-order chi connectivity index (χ1) is 7.22. The number of halogens is 1. The number of hydrogen-bond donors (Lipinski definition) is 1. The highest BCUT2D eigenvalue weighted by Gasteiger charge is 2.07. The fourth-order valence-corrected chi connectivity index (χ4v) is 1.69. The van der Waals surface area contributed by atoms with E-state index in [0.29, 0.717) is 9.79 Å². The lowest BCUT2D eigenvalue weighted by atomic mass is 10.3. The minimum Gasteiger partial charge on any atom is -0.299 e. The number of nitrogens with zero attached hydrogens (tertiary/aromatic N) is 3. The number of H-pyrrole nitrogens is 1. The SMILES string of the molecule is CCn1c(-c2ccc(Cl)cn2)n[nH]c1=S. The monoisotopic (exact) mass is 240 g/mol. The maximum absolute atomic E-state index is 5.76. The Morgan fingerprint density at radius 3 is 2.93 bits per heavy atom. The number of nitrogens with one attached hydrogen (secondary N) is 1. The number of hydrogen-bond acceptors (Lipinski definition) is 3. The summed E-state index contributed by atoms with van der Waals surface area (Å²) in [7, 11) is 0. The molecule has 0 radical (unpaired) electrons. The maximum Gasteiger partial charge on any atom is 0.195 e. The summed E-state index contributed by atoms with van der Waals surface area (Å²) in [6, 6.07) is 3.60. The van der Waals surface area contributed by atoms with Crippen LogP contribution in [-0.2, 0) is 6.54 Å². The summed E-state index contributed by atoms with van der Waals surface area (Å²) in [4.78, 5) is 4.19. The van der Waals surface area contributed by atoms with Crippen LogP contribution in [-0.4, -0.2) is 19.7 Å². The molecule has 0 amide bonds. The Morgan fingerprint density at radius 2 is 2.33 bits per heavy atom. The zero-order chi connectivity index (χ0) is 10.8. The van der Waals surface area contributed by atoms with Crippen molar-refractivity contribution in [1.29, 1.82) is 0 Å². The van der Waals surface area contributed by atoms with Crippen LogP contribution >= 0.6 is 23.8 Å². The Hall–Kier alpha value is -1.20. The van der Waals surface area contributed by atoms with Crippen LogP contribution in [0, 0.1) is 4.77 Å². The lowest BCUT2D eigenvalue weighted by Crippen LogP contribution is -1.98. The van der Waals surface area contributed by atoms with Crippen molar-refractivity contribution in [3.8, 4) is 11.5 Å². The van der Waals surface area contributed by atoms with Gasteiger partial charge in [0, 0.05) is 12.7 Å². The standard InChI is InChI=1S/C9H9ClN4S/c1-2-14-8(12-13-9(14)15)7-4-3-6(10)5-11-7/h3-5H,2H2,1H3,(H,13,15). The summed E-state index contributed by atoms with van der Waals surface area (Å²) in [5.74, 6) is 0.735. The van der Waals surface area contributed by atoms with Gasteiger partial charge in [0.25, 0.3) is 0 Å². The third-order valence-corrected chi connectivity index (χ3v) is 2.57. The van der Waals surface area contributed by atoms with Crippen LogP contribution in [0.4, 0.5) is 0 Å². The minimum atomic E-state index is 0.601. The highest BCUT2D eigenvalue weighted by atomic mass is 35.5. The molecule has 0 fully saturated rings. The molecule has 0 bridgehead atoms. The molecule has 0 unspecified atom stereocenters. The van der Waals surface area contributed by atoms with Crippen molar-refractivity contribution in [1.82, 2.24) is 19.7 Å². The van der Waals surface area contributed by atoms with E-state index in [9.17, 15) is 0 Å². The van der Waals surface area contributed by atoms with E-state index in [1.54, 1.807) is 12.3 Å². The molecule has 6 heteroatoms. The van der Waals surface area contributed by atoms with Crippen LogP contribution < -0.4 is 0 Å². The van der Waals surface area contributed by atoms with Crippen molar-refractivity contribution in [3.05, 3.63) is 28.1 Å². The summed E-state index contributed by atoms with van der Waals surface area (Å²) in [5.41, 5.74) is 0.758. The van der Waals surface area contributed by atoms with Crippen molar-refractivity contribution in [2.75, 3.05) is 0 Å². The van der Waals surface area contributed by atoms with E-state index in [1.165, 1.54) is 0 Å². The second kappa shape index (κ2) is 4.12. The van der Waals surface area contributed by atoms with E-state index < -0.39 is 0 Å². The molecule has 0 atom stereocenters. The summed E-state index contributed by atoms with van der Waals surface area (Å²) >= 11 is 10.8. The molecule has 0 aliphatic carbocycles. The Morgan fingerprint density at radius 1 is 1.53 bits per heavy atom. The third kappa shape index (κ3) is 1.93. The number of aromatic nitrogens is 4. The van der Waals surface area contributed by atoms with Gasteiger partial charge >= 0.3 is 0 Å². The molecule has 0 aliphatic heterocycles. The summed E-state index contributed by atoms with van der Waals surface area (Å²) in [5, 5.41) is 7.48. The van der Waals surface area contributed by atoms with Crippen LogP contribution in [0.1, 0.15) is 6.92 Å². The highest BCUT2D eigenvalue weighted by molar-refractivity contribution is 7.71. The van der Waals surface area contributed by atoms with Gasteiger partial charge in [-0.1, -0.05) is 11.6 Å². The zero-order valence-electron chi connectivity index (χ0n) is 8.07. The molecule has 4 nitrogen and oxygen atoms in total. The fraction of sp³-hybridized carbons (Fsp3) is 0.222. The van der Waals surface area contributed by atoms with Gasteiger partial charge in [-0.3, -0.25) is 14.6 Å². The molecule has 2 aromatic heterocycles. The van der Waals surface area contributed by atoms with Gasteiger partial charge in [-0.2, -0.15) is 5.10 Å². The van der Waals surface area contributed by atoms with Gasteiger partial charge < -0.3 is 0 Å². The average molecular weight is 241 g/mol. The lowest BCUT2D eigenvalue weighted by Gasteiger charge is -2.01. The summed E-state index contributed by atoms with van der Waals surface area (Å²) in [6.07, 6.45) is 1.59. The second-order valence-corrected chi connectivity index (χ2v) is 3.78. The van der Waals surface area contributed by atoms with Crippen LogP contribution in [0.5, 0.6) is 0 Å². The Bertz CT molecular complexity index is 514. The molecular weight excluding hydrogens is 232 g/mol. The average Bonchev–Trinajstić information content (AvgIpc) is 2.61. The zero-order valence-corrected chi connectivity index (χ0v) is 9.64. The first-order valence-corrected chi connectivity index (χ1v) is 5.28. The third-order valence-electron chi connectivity index (χ3n) is 2.03. The molecule has 1 N–H and O–H groups in total. The topological polar surface area (TPSA) is 46.5 Å². The molecule has 0 aliphatic rings. The fourth-order valence-electron chi connectivity index (χ4n) is 1.31. The number of rotatable bonds is 2. The quantitative estimate of drug-likeness (QED) is 0.821. The van der Waals surface area contributed by atoms with Crippen LogP contribution in [0.2, 0.25) is 5.02 Å². The van der Waals surface area contributed by atoms with Gasteiger partial charge in [0.1, 0.15) is 5.69 Å². The van der Waals surface area contributed by atoms with Gasteiger partial charge in [-0.15, -0.1) is 0 Å². The van der Waals surface area contributed by atoms with E-state index in [4.69, 9.17) is 23.8 Å². The predicted octanol–water partition coefficient (Wildman–Crippen LogP) is 2.68.